The van der Waals surface area contributed by atoms with Crippen LogP contribution in [0.1, 0.15) is 18.4 Å². The van der Waals surface area contributed by atoms with Crippen molar-refractivity contribution in [3.05, 3.63) is 48.0 Å². The normalized spacial score (nSPS) is 23.6. The molecule has 178 valence electrons. The summed E-state index contributed by atoms with van der Waals surface area (Å²) in [6.45, 7) is -0.551. The highest BCUT2D eigenvalue weighted by atomic mass is 19.1. The van der Waals surface area contributed by atoms with E-state index in [9.17, 15) is 19.2 Å². The standard InChI is InChI=1S/C25H26FN3O5/c26-21-12-29(24(32)14-31)7-6-23(21)34-22-5-4-16(8-17(22)11-27)15-2-1-3-19(9-15)28-25(33)20-10-18(20)13-30/h1-5,8-9,18,20-21,23,30-31H,6-7,10,12-14H2,(H,28,33)/t18-,20-,21-,23+/m1/s1. The fraction of sp³-hybridized carbons (Fsp3) is 0.400. The van der Waals surface area contributed by atoms with E-state index in [1.165, 1.54) is 4.90 Å². The second kappa shape index (κ2) is 10.2. The number of rotatable bonds is 7. The molecule has 9 heteroatoms. The Morgan fingerprint density at radius 2 is 2.00 bits per heavy atom. The van der Waals surface area contributed by atoms with Crippen LogP contribution in [0.5, 0.6) is 5.75 Å². The van der Waals surface area contributed by atoms with Crippen LogP contribution >= 0.6 is 0 Å². The minimum atomic E-state index is -1.44. The number of likely N-dealkylation sites (tertiary alicyclic amines) is 1. The monoisotopic (exact) mass is 467 g/mol. The van der Waals surface area contributed by atoms with Crippen LogP contribution < -0.4 is 10.1 Å². The highest BCUT2D eigenvalue weighted by molar-refractivity contribution is 5.95. The molecule has 2 aromatic carbocycles. The Morgan fingerprint density at radius 3 is 2.68 bits per heavy atom. The Bertz CT molecular complexity index is 1120. The summed E-state index contributed by atoms with van der Waals surface area (Å²) >= 11 is 0. The molecule has 1 aliphatic heterocycles. The highest BCUT2D eigenvalue weighted by Gasteiger charge is 2.42. The highest BCUT2D eigenvalue weighted by Crippen LogP contribution is 2.39. The van der Waals surface area contributed by atoms with Crippen LogP contribution in [0.2, 0.25) is 0 Å². The molecule has 8 nitrogen and oxygen atoms in total. The number of ether oxygens (including phenoxy) is 1. The summed E-state index contributed by atoms with van der Waals surface area (Å²) < 4.78 is 20.4. The van der Waals surface area contributed by atoms with Gasteiger partial charge in [0.2, 0.25) is 11.8 Å². The molecule has 1 saturated heterocycles. The number of alkyl halides is 1. The van der Waals surface area contributed by atoms with Gasteiger partial charge in [0, 0.05) is 31.2 Å². The summed E-state index contributed by atoms with van der Waals surface area (Å²) in [6, 6.07) is 14.3. The number of carbonyl (C=O) groups is 2. The van der Waals surface area contributed by atoms with E-state index >= 15 is 0 Å². The first-order valence-corrected chi connectivity index (χ1v) is 11.2. The zero-order chi connectivity index (χ0) is 24.2. The van der Waals surface area contributed by atoms with Gasteiger partial charge in [-0.3, -0.25) is 9.59 Å². The third-order valence-electron chi connectivity index (χ3n) is 6.31. The molecular formula is C25H26FN3O5. The number of anilines is 1. The molecule has 0 bridgehead atoms. The van der Waals surface area contributed by atoms with Crippen LogP contribution in [-0.2, 0) is 9.59 Å². The van der Waals surface area contributed by atoms with Gasteiger partial charge in [-0.25, -0.2) is 4.39 Å². The lowest BCUT2D eigenvalue weighted by Gasteiger charge is -2.34. The quantitative estimate of drug-likeness (QED) is 0.573. The first kappa shape index (κ1) is 23.7. The summed E-state index contributed by atoms with van der Waals surface area (Å²) in [7, 11) is 0. The van der Waals surface area contributed by atoms with E-state index in [0.717, 1.165) is 11.1 Å². The van der Waals surface area contributed by atoms with Crippen molar-refractivity contribution in [2.75, 3.05) is 31.6 Å². The van der Waals surface area contributed by atoms with Crippen LogP contribution in [0.3, 0.4) is 0 Å². The van der Waals surface area contributed by atoms with Gasteiger partial charge >= 0.3 is 0 Å². The van der Waals surface area contributed by atoms with Crippen molar-refractivity contribution in [2.45, 2.75) is 25.1 Å². The topological polar surface area (TPSA) is 123 Å². The molecule has 2 aliphatic rings. The van der Waals surface area contributed by atoms with Crippen molar-refractivity contribution < 1.29 is 28.9 Å². The predicted octanol–water partition coefficient (Wildman–Crippen LogP) is 2.10. The van der Waals surface area contributed by atoms with Crippen molar-refractivity contribution in [3.8, 4) is 22.9 Å². The van der Waals surface area contributed by atoms with E-state index in [1.54, 1.807) is 36.4 Å². The molecule has 1 saturated carbocycles. The van der Waals surface area contributed by atoms with Crippen LogP contribution in [0.25, 0.3) is 11.1 Å². The fourth-order valence-electron chi connectivity index (χ4n) is 4.19. The van der Waals surface area contributed by atoms with Gasteiger partial charge in [-0.2, -0.15) is 5.26 Å². The number of hydrogen-bond acceptors (Lipinski definition) is 6. The molecule has 1 aliphatic carbocycles. The maximum atomic E-state index is 14.6. The number of halogens is 1. The maximum absolute atomic E-state index is 14.6. The van der Waals surface area contributed by atoms with E-state index in [0.29, 0.717) is 12.1 Å². The number of nitriles is 1. The van der Waals surface area contributed by atoms with Crippen LogP contribution in [0.15, 0.2) is 42.5 Å². The van der Waals surface area contributed by atoms with Gasteiger partial charge in [-0.1, -0.05) is 18.2 Å². The second-order valence-corrected chi connectivity index (χ2v) is 8.64. The first-order valence-electron chi connectivity index (χ1n) is 11.2. The number of piperidine rings is 1. The lowest BCUT2D eigenvalue weighted by Crippen LogP contribution is -2.50. The first-order chi connectivity index (χ1) is 16.4. The van der Waals surface area contributed by atoms with Gasteiger partial charge < -0.3 is 25.2 Å². The van der Waals surface area contributed by atoms with Gasteiger partial charge in [-0.05, 0) is 47.7 Å². The summed E-state index contributed by atoms with van der Waals surface area (Å²) in [6.07, 6.45) is -1.30. The van der Waals surface area contributed by atoms with Crippen molar-refractivity contribution >= 4 is 17.5 Å². The summed E-state index contributed by atoms with van der Waals surface area (Å²) in [5, 5.41) is 30.6. The number of carbonyl (C=O) groups excluding carboxylic acids is 2. The molecule has 0 aromatic heterocycles. The van der Waals surface area contributed by atoms with Gasteiger partial charge in [-0.15, -0.1) is 0 Å². The maximum Gasteiger partial charge on any atom is 0.248 e. The average Bonchev–Trinajstić information content (AvgIpc) is 3.65. The number of nitrogens with one attached hydrogen (secondary N) is 1. The van der Waals surface area contributed by atoms with Crippen LogP contribution in [0.4, 0.5) is 10.1 Å². The molecule has 0 radical (unpaired) electrons. The predicted molar refractivity (Wildman–Crippen MR) is 122 cm³/mol. The zero-order valence-corrected chi connectivity index (χ0v) is 18.5. The average molecular weight is 467 g/mol. The molecule has 0 unspecified atom stereocenters. The summed E-state index contributed by atoms with van der Waals surface area (Å²) in [4.78, 5) is 25.1. The largest absolute Gasteiger partial charge is 0.486 e. The van der Waals surface area contributed by atoms with Gasteiger partial charge in [0.25, 0.3) is 0 Å². The Morgan fingerprint density at radius 1 is 1.21 bits per heavy atom. The minimum absolute atomic E-state index is 0.00648. The van der Waals surface area contributed by atoms with Crippen molar-refractivity contribution in [1.29, 1.82) is 5.26 Å². The molecule has 2 aromatic rings. The van der Waals surface area contributed by atoms with E-state index in [1.807, 2.05) is 6.07 Å². The molecule has 2 amide bonds. The van der Waals surface area contributed by atoms with Gasteiger partial charge in [0.1, 0.15) is 24.5 Å². The molecular weight excluding hydrogens is 441 g/mol. The lowest BCUT2D eigenvalue weighted by molar-refractivity contribution is -0.138. The Labute approximate surface area is 196 Å². The zero-order valence-electron chi connectivity index (χ0n) is 18.5. The van der Waals surface area contributed by atoms with Gasteiger partial charge in [0.05, 0.1) is 12.1 Å². The van der Waals surface area contributed by atoms with E-state index in [4.69, 9.17) is 14.9 Å². The van der Waals surface area contributed by atoms with Crippen LogP contribution in [-0.4, -0.2) is 65.5 Å². The van der Waals surface area contributed by atoms with E-state index in [2.05, 4.69) is 11.4 Å². The van der Waals surface area contributed by atoms with Crippen molar-refractivity contribution in [1.82, 2.24) is 4.90 Å². The number of amides is 2. The minimum Gasteiger partial charge on any atom is -0.486 e. The molecule has 2 fully saturated rings. The van der Waals surface area contributed by atoms with E-state index < -0.39 is 24.8 Å². The third kappa shape index (κ3) is 5.19. The Hall–Kier alpha value is -3.48. The second-order valence-electron chi connectivity index (χ2n) is 8.64. The molecule has 4 atom stereocenters. The number of aliphatic hydroxyl groups excluding tert-OH is 2. The van der Waals surface area contributed by atoms with Crippen molar-refractivity contribution in [2.24, 2.45) is 11.8 Å². The van der Waals surface area contributed by atoms with Crippen molar-refractivity contribution in [3.63, 3.8) is 0 Å². The number of nitrogens with zero attached hydrogens (tertiary/aromatic N) is 2. The van der Waals surface area contributed by atoms with Gasteiger partial charge in [0.15, 0.2) is 6.17 Å². The van der Waals surface area contributed by atoms with Crippen LogP contribution in [0, 0.1) is 23.2 Å². The van der Waals surface area contributed by atoms with E-state index in [-0.39, 0.29) is 55.2 Å². The summed E-state index contributed by atoms with van der Waals surface area (Å²) in [5.74, 6) is -0.519. The fourth-order valence-corrected chi connectivity index (χ4v) is 4.19. The number of aliphatic hydroxyl groups is 2. The lowest BCUT2D eigenvalue weighted by atomic mass is 10.0. The number of benzene rings is 2. The Balaban J connectivity index is 1.45. The molecule has 1 heterocycles. The summed E-state index contributed by atoms with van der Waals surface area (Å²) in [5.41, 5.74) is 2.39. The number of hydrogen-bond donors (Lipinski definition) is 3. The third-order valence-corrected chi connectivity index (χ3v) is 6.31. The Kier molecular flexibility index (Phi) is 7.10. The molecule has 4 rings (SSSR count). The molecule has 0 spiro atoms. The molecule has 34 heavy (non-hydrogen) atoms. The molecule has 3 N–H and O–H groups in total. The SMILES string of the molecule is N#Cc1cc(-c2cccc(NC(=O)[C@@H]3C[C@@H]3CO)c2)ccc1O[C@H]1CCN(C(=O)CO)C[C@H]1F. The smallest absolute Gasteiger partial charge is 0.248 e.